The van der Waals surface area contributed by atoms with E-state index in [-0.39, 0.29) is 78.1 Å². The first-order valence-corrected chi connectivity index (χ1v) is 23.6. The number of unbranched alkanes of at least 4 members (excludes halogenated alkanes) is 2. The maximum absolute atomic E-state index is 14.1. The lowest BCUT2D eigenvalue weighted by Crippen LogP contribution is -2.46. The highest BCUT2D eigenvalue weighted by Gasteiger charge is 2.44. The Morgan fingerprint density at radius 2 is 1.13 bits per heavy atom. The summed E-state index contributed by atoms with van der Waals surface area (Å²) in [6.07, 6.45) is 1.73. The van der Waals surface area contributed by atoms with E-state index in [4.69, 9.17) is 32.8 Å². The third-order valence-electron chi connectivity index (χ3n) is 11.6. The molecule has 2 aromatic carbocycles. The average Bonchev–Trinajstić information content (AvgIpc) is 3.80. The molecule has 0 aromatic heterocycles. The molecular formula is C42H60N4O15Si. The van der Waals surface area contributed by atoms with E-state index in [0.29, 0.717) is 38.5 Å². The number of nitro groups is 2. The molecule has 2 saturated heterocycles. The van der Waals surface area contributed by atoms with E-state index in [1.807, 2.05) is 6.92 Å². The van der Waals surface area contributed by atoms with Crippen LogP contribution in [-0.4, -0.2) is 123 Å². The largest absolute Gasteiger partial charge is 0.493 e. The fraction of sp³-hybridized carbons (Fsp3) is 0.619. The minimum Gasteiger partial charge on any atom is -0.493 e. The molecule has 2 aliphatic rings. The lowest BCUT2D eigenvalue weighted by Gasteiger charge is -2.37. The van der Waals surface area contributed by atoms with Crippen LogP contribution in [0.3, 0.4) is 0 Å². The predicted octanol–water partition coefficient (Wildman–Crippen LogP) is 6.87. The van der Waals surface area contributed by atoms with Crippen LogP contribution < -0.4 is 18.9 Å². The molecule has 342 valence electrons. The van der Waals surface area contributed by atoms with Crippen molar-refractivity contribution in [3.63, 3.8) is 0 Å². The van der Waals surface area contributed by atoms with Gasteiger partial charge < -0.3 is 42.6 Å². The summed E-state index contributed by atoms with van der Waals surface area (Å²) in [6.45, 7) is 15.5. The maximum atomic E-state index is 14.1. The van der Waals surface area contributed by atoms with Crippen LogP contribution >= 0.6 is 0 Å². The molecule has 4 atom stereocenters. The second-order valence-electron chi connectivity index (χ2n) is 16.9. The molecule has 2 aromatic rings. The quantitative estimate of drug-likeness (QED) is 0.0435. The topological polar surface area (TPSA) is 226 Å². The Hall–Kier alpha value is -5.50. The molecule has 2 heterocycles. The number of likely N-dealkylation sites (tertiary alicyclic amines) is 2. The number of hydrogen-bond donors (Lipinski definition) is 0. The van der Waals surface area contributed by atoms with Gasteiger partial charge in [-0.2, -0.15) is 0 Å². The van der Waals surface area contributed by atoms with E-state index in [9.17, 15) is 39.4 Å². The summed E-state index contributed by atoms with van der Waals surface area (Å²) in [6, 6.07) is 4.13. The monoisotopic (exact) mass is 888 g/mol. The summed E-state index contributed by atoms with van der Waals surface area (Å²) in [5.41, 5.74) is -1.32. The van der Waals surface area contributed by atoms with Gasteiger partial charge in [-0.15, -0.1) is 0 Å². The molecule has 19 nitrogen and oxygen atoms in total. The molecule has 2 amide bonds. The van der Waals surface area contributed by atoms with Gasteiger partial charge in [0.05, 0.1) is 75.2 Å². The zero-order valence-electron chi connectivity index (χ0n) is 37.3. The molecule has 0 bridgehead atoms. The van der Waals surface area contributed by atoms with Gasteiger partial charge in [-0.3, -0.25) is 39.4 Å². The highest BCUT2D eigenvalue weighted by Crippen LogP contribution is 2.40. The molecule has 0 aliphatic carbocycles. The number of rotatable bonds is 20. The fourth-order valence-electron chi connectivity index (χ4n) is 7.29. The van der Waals surface area contributed by atoms with Crippen molar-refractivity contribution in [2.45, 2.75) is 122 Å². The Kier molecular flexibility index (Phi) is 16.7. The SMILES string of the molecule is CC[C@@H]1C[C@@H](OC(C)=O)CN1C(=O)c1cc(OC)c(OCCCCCOc2cc([N+](=O)[O-])c(C(=O)N3C[C@H](OC(C)=O)C[C@H]3CO[Si](C)(C)C(C)(C)C)cc2OC)cc1[N+](=O)[O-]. The van der Waals surface area contributed by atoms with E-state index in [1.54, 1.807) is 0 Å². The predicted molar refractivity (Wildman–Crippen MR) is 228 cm³/mol. The van der Waals surface area contributed by atoms with Crippen LogP contribution in [0.25, 0.3) is 0 Å². The summed E-state index contributed by atoms with van der Waals surface area (Å²) >= 11 is 0. The number of esters is 2. The average molecular weight is 889 g/mol. The molecule has 4 rings (SSSR count). The first-order chi connectivity index (χ1) is 29.1. The number of hydrogen-bond acceptors (Lipinski definition) is 15. The van der Waals surface area contributed by atoms with E-state index >= 15 is 0 Å². The van der Waals surface area contributed by atoms with Crippen LogP contribution in [0, 0.1) is 20.2 Å². The summed E-state index contributed by atoms with van der Waals surface area (Å²) in [5, 5.41) is 24.4. The van der Waals surface area contributed by atoms with Gasteiger partial charge in [0.25, 0.3) is 23.2 Å². The number of benzene rings is 2. The van der Waals surface area contributed by atoms with Crippen molar-refractivity contribution in [2.75, 3.05) is 47.1 Å². The van der Waals surface area contributed by atoms with Crippen LogP contribution in [0.2, 0.25) is 18.1 Å². The van der Waals surface area contributed by atoms with Crippen molar-refractivity contribution in [2.24, 2.45) is 0 Å². The highest BCUT2D eigenvalue weighted by molar-refractivity contribution is 6.74. The number of amides is 2. The van der Waals surface area contributed by atoms with Gasteiger partial charge in [0.2, 0.25) is 0 Å². The molecule has 20 heteroatoms. The van der Waals surface area contributed by atoms with E-state index in [1.165, 1.54) is 50.0 Å². The van der Waals surface area contributed by atoms with Crippen molar-refractivity contribution in [3.8, 4) is 23.0 Å². The third-order valence-corrected chi connectivity index (χ3v) is 16.1. The fourth-order valence-corrected chi connectivity index (χ4v) is 8.34. The smallest absolute Gasteiger partial charge is 0.302 e. The second-order valence-corrected chi connectivity index (χ2v) is 21.8. The Morgan fingerprint density at radius 3 is 1.50 bits per heavy atom. The molecule has 0 radical (unpaired) electrons. The Labute approximate surface area is 362 Å². The number of nitrogens with zero attached hydrogens (tertiary/aromatic N) is 4. The van der Waals surface area contributed by atoms with E-state index in [2.05, 4.69) is 33.9 Å². The van der Waals surface area contributed by atoms with Gasteiger partial charge in [-0.25, -0.2) is 0 Å². The third kappa shape index (κ3) is 12.1. The normalized spacial score (nSPS) is 18.9. The van der Waals surface area contributed by atoms with Crippen LogP contribution in [0.15, 0.2) is 24.3 Å². The molecule has 0 spiro atoms. The Bertz CT molecular complexity index is 1990. The standard InChI is InChI=1S/C42H60N4O15Si/c1-11-28-17-30(60-26(2)47)23-43(28)40(49)32-19-36(55-7)38(21-34(32)45(51)52)57-15-13-12-14-16-58-39-22-35(46(53)54)33(20-37(39)56-8)41(50)44-24-31(61-27(3)48)18-29(44)25-59-62(9,10)42(4,5)6/h19-22,28-31H,11-18,23-25H2,1-10H3/t28-,29+,30-,31-/m1/s1. The zero-order valence-corrected chi connectivity index (χ0v) is 38.3. The van der Waals surface area contributed by atoms with Gasteiger partial charge in [0.15, 0.2) is 31.3 Å². The van der Waals surface area contributed by atoms with Crippen LogP contribution in [0.5, 0.6) is 23.0 Å². The summed E-state index contributed by atoms with van der Waals surface area (Å²) in [4.78, 5) is 77.2. The first-order valence-electron chi connectivity index (χ1n) is 20.7. The van der Waals surface area contributed by atoms with Crippen molar-refractivity contribution >= 4 is 43.4 Å². The van der Waals surface area contributed by atoms with Crippen LogP contribution in [-0.2, 0) is 23.5 Å². The number of ether oxygens (including phenoxy) is 6. The van der Waals surface area contributed by atoms with Crippen molar-refractivity contribution in [1.29, 1.82) is 0 Å². The van der Waals surface area contributed by atoms with E-state index < -0.39 is 71.5 Å². The highest BCUT2D eigenvalue weighted by atomic mass is 28.4. The summed E-state index contributed by atoms with van der Waals surface area (Å²) in [7, 11) is 0.485. The molecular weight excluding hydrogens is 829 g/mol. The van der Waals surface area contributed by atoms with Crippen molar-refractivity contribution in [1.82, 2.24) is 9.80 Å². The minimum absolute atomic E-state index is 0.0404. The van der Waals surface area contributed by atoms with Crippen molar-refractivity contribution < 1.29 is 61.9 Å². The molecule has 0 N–H and O–H groups in total. The van der Waals surface area contributed by atoms with Gasteiger partial charge in [-0.05, 0) is 43.8 Å². The number of nitro benzene ring substituents is 2. The lowest BCUT2D eigenvalue weighted by atomic mass is 10.1. The number of methoxy groups -OCH3 is 2. The van der Waals surface area contributed by atoms with Crippen LogP contribution in [0.1, 0.15) is 101 Å². The van der Waals surface area contributed by atoms with Crippen LogP contribution in [0.4, 0.5) is 11.4 Å². The van der Waals surface area contributed by atoms with Gasteiger partial charge in [0.1, 0.15) is 23.3 Å². The van der Waals surface area contributed by atoms with E-state index in [0.717, 1.165) is 12.1 Å². The van der Waals surface area contributed by atoms with Gasteiger partial charge in [0, 0.05) is 44.9 Å². The first kappa shape index (κ1) is 49.2. The number of carbonyl (C=O) groups excluding carboxylic acids is 4. The Balaban J connectivity index is 1.40. The lowest BCUT2D eigenvalue weighted by molar-refractivity contribution is -0.385. The van der Waals surface area contributed by atoms with Gasteiger partial charge >= 0.3 is 11.9 Å². The molecule has 2 aliphatic heterocycles. The second kappa shape index (κ2) is 21.0. The molecule has 62 heavy (non-hydrogen) atoms. The summed E-state index contributed by atoms with van der Waals surface area (Å²) in [5.74, 6) is -1.79. The summed E-state index contributed by atoms with van der Waals surface area (Å²) < 4.78 is 39.9. The molecule has 0 saturated carbocycles. The minimum atomic E-state index is -2.23. The maximum Gasteiger partial charge on any atom is 0.302 e. The van der Waals surface area contributed by atoms with Crippen molar-refractivity contribution in [3.05, 3.63) is 55.6 Å². The molecule has 0 unspecified atom stereocenters. The van der Waals surface area contributed by atoms with Gasteiger partial charge in [-0.1, -0.05) is 27.7 Å². The molecule has 2 fully saturated rings. The Morgan fingerprint density at radius 1 is 0.710 bits per heavy atom. The zero-order chi connectivity index (χ0) is 46.1. The number of carbonyl (C=O) groups is 4.